The molecule has 0 unspecified atom stereocenters. The van der Waals surface area contributed by atoms with Crippen molar-refractivity contribution in [3.05, 3.63) is 113 Å². The zero-order chi connectivity index (χ0) is 38.2. The molecule has 2 aromatic heterocycles. The summed E-state index contributed by atoms with van der Waals surface area (Å²) in [5, 5.41) is 12.8. The number of aliphatic carboxylic acids is 1. The quantitative estimate of drug-likeness (QED) is 0.181. The van der Waals surface area contributed by atoms with Gasteiger partial charge in [0, 0.05) is 56.0 Å². The van der Waals surface area contributed by atoms with Crippen molar-refractivity contribution < 1.29 is 37.4 Å². The molecule has 7 rings (SSSR count). The van der Waals surface area contributed by atoms with E-state index in [-0.39, 0.29) is 29.9 Å². The van der Waals surface area contributed by atoms with Gasteiger partial charge in [-0.25, -0.2) is 28.0 Å². The van der Waals surface area contributed by atoms with Gasteiger partial charge in [0.1, 0.15) is 12.4 Å². The van der Waals surface area contributed by atoms with Gasteiger partial charge in [0.15, 0.2) is 9.84 Å². The number of benzene rings is 2. The summed E-state index contributed by atoms with van der Waals surface area (Å²) < 4.78 is 33.3. The molecular weight excluding hydrogens is 711 g/mol. The predicted octanol–water partition coefficient (Wildman–Crippen LogP) is 5.29. The minimum atomic E-state index is -3.23. The van der Waals surface area contributed by atoms with E-state index < -0.39 is 21.8 Å². The van der Waals surface area contributed by atoms with Crippen LogP contribution < -0.4 is 10.1 Å². The van der Waals surface area contributed by atoms with E-state index in [4.69, 9.17) is 14.5 Å². The normalized spacial score (nSPS) is 15.9. The summed E-state index contributed by atoms with van der Waals surface area (Å²) in [4.78, 5) is 49.1. The van der Waals surface area contributed by atoms with E-state index >= 15 is 0 Å². The Morgan fingerprint density at radius 1 is 1.00 bits per heavy atom. The zero-order valence-electron chi connectivity index (χ0n) is 30.2. The predicted molar refractivity (Wildman–Crippen MR) is 203 cm³/mol. The lowest BCUT2D eigenvalue weighted by atomic mass is 9.97. The van der Waals surface area contributed by atoms with Gasteiger partial charge >= 0.3 is 18.0 Å². The van der Waals surface area contributed by atoms with Gasteiger partial charge in [-0.3, -0.25) is 4.79 Å². The Bertz CT molecular complexity index is 2120. The first-order valence-corrected chi connectivity index (χ1v) is 19.7. The maximum atomic E-state index is 13.0. The molecule has 14 heteroatoms. The highest BCUT2D eigenvalue weighted by atomic mass is 32.2. The standard InChI is InChI=1S/C23H29N5O4.C17H14O4S/c1-32-20-9-7-17(15-25-20)19(14-21(29)30)28-13-12-27(23(28)31)11-3-5-18-8-6-16-4-2-10-24-22(16)26-18;1-22(19,20)14-9-7-12(8-10-14)15-11-21-17(18)16(15)13-5-3-2-4-6-13/h6-9,15,19H,2-5,10-14H2,1H3,(H,24,26)(H,29,30);2-10H,11H2,1H3/t19-;/m0./s1. The molecule has 13 nitrogen and oxygen atoms in total. The Hall–Kier alpha value is -5.76. The number of pyridine rings is 2. The molecule has 0 spiro atoms. The van der Waals surface area contributed by atoms with Gasteiger partial charge in [0.2, 0.25) is 5.88 Å². The number of carbonyl (C=O) groups excluding carboxylic acids is 2. The van der Waals surface area contributed by atoms with Crippen LogP contribution in [0.2, 0.25) is 0 Å². The molecule has 5 heterocycles. The lowest BCUT2D eigenvalue weighted by Gasteiger charge is -2.27. The number of nitrogens with zero attached hydrogens (tertiary/aromatic N) is 4. The van der Waals surface area contributed by atoms with Crippen molar-refractivity contribution in [3.8, 4) is 5.88 Å². The van der Waals surface area contributed by atoms with Gasteiger partial charge in [-0.2, -0.15) is 0 Å². The Balaban J connectivity index is 0.000000197. The maximum absolute atomic E-state index is 13.0. The molecule has 2 aromatic carbocycles. The van der Waals surface area contributed by atoms with Crippen molar-refractivity contribution in [2.24, 2.45) is 0 Å². The topological polar surface area (TPSA) is 168 Å². The number of sulfone groups is 1. The summed E-state index contributed by atoms with van der Waals surface area (Å²) in [6.07, 6.45) is 6.38. The first-order valence-electron chi connectivity index (χ1n) is 17.8. The fourth-order valence-electron chi connectivity index (χ4n) is 6.77. The second-order valence-electron chi connectivity index (χ2n) is 13.2. The molecule has 0 radical (unpaired) electrons. The zero-order valence-corrected chi connectivity index (χ0v) is 31.0. The van der Waals surface area contributed by atoms with Crippen molar-refractivity contribution in [2.75, 3.05) is 51.5 Å². The lowest BCUT2D eigenvalue weighted by Crippen LogP contribution is -2.36. The number of anilines is 1. The minimum Gasteiger partial charge on any atom is -0.481 e. The third kappa shape index (κ3) is 9.05. The van der Waals surface area contributed by atoms with E-state index in [1.54, 1.807) is 52.4 Å². The van der Waals surface area contributed by atoms with Gasteiger partial charge in [0.25, 0.3) is 0 Å². The van der Waals surface area contributed by atoms with Crippen LogP contribution in [-0.4, -0.2) is 97.4 Å². The highest BCUT2D eigenvalue weighted by Crippen LogP contribution is 2.33. The van der Waals surface area contributed by atoms with Gasteiger partial charge < -0.3 is 29.7 Å². The van der Waals surface area contributed by atoms with Crippen LogP contribution >= 0.6 is 0 Å². The average Bonchev–Trinajstić information content (AvgIpc) is 3.75. The SMILES string of the molecule is COc1ccc([C@H](CC(=O)O)N2CCN(CCCc3ccc4c(n3)NCCC4)C2=O)cn1.CS(=O)(=O)c1ccc(C2=C(c3ccccc3)C(=O)OC2)cc1. The number of cyclic esters (lactones) is 1. The number of carboxylic acid groups (broad SMARTS) is 1. The fraction of sp³-hybridized carbons (Fsp3) is 0.325. The van der Waals surface area contributed by atoms with Crippen molar-refractivity contribution >= 4 is 44.8 Å². The van der Waals surface area contributed by atoms with Crippen LogP contribution in [-0.2, 0) is 37.0 Å². The van der Waals surface area contributed by atoms with Crippen LogP contribution in [0.4, 0.5) is 10.6 Å². The number of methoxy groups -OCH3 is 1. The second-order valence-corrected chi connectivity index (χ2v) is 15.3. The van der Waals surface area contributed by atoms with Crippen LogP contribution in [0.5, 0.6) is 5.88 Å². The number of nitrogens with one attached hydrogen (secondary N) is 1. The molecule has 3 aliphatic rings. The van der Waals surface area contributed by atoms with Crippen LogP contribution in [0.25, 0.3) is 11.1 Å². The van der Waals surface area contributed by atoms with E-state index in [1.165, 1.54) is 18.9 Å². The Morgan fingerprint density at radius 2 is 1.78 bits per heavy atom. The summed E-state index contributed by atoms with van der Waals surface area (Å²) in [5.41, 5.74) is 5.87. The van der Waals surface area contributed by atoms with Crippen molar-refractivity contribution in [3.63, 3.8) is 0 Å². The molecule has 4 aromatic rings. The van der Waals surface area contributed by atoms with Gasteiger partial charge in [0.05, 0.1) is 30.0 Å². The molecule has 0 bridgehead atoms. The van der Waals surface area contributed by atoms with E-state index in [0.717, 1.165) is 60.4 Å². The highest BCUT2D eigenvalue weighted by molar-refractivity contribution is 7.90. The Kier molecular flexibility index (Phi) is 11.9. The number of esters is 1. The summed E-state index contributed by atoms with van der Waals surface area (Å²) in [7, 11) is -1.71. The van der Waals surface area contributed by atoms with Crippen LogP contribution in [0.1, 0.15) is 53.3 Å². The minimum absolute atomic E-state index is 0.132. The number of ether oxygens (including phenoxy) is 2. The molecule has 1 saturated heterocycles. The molecule has 2 amide bonds. The van der Waals surface area contributed by atoms with E-state index in [9.17, 15) is 27.9 Å². The molecule has 282 valence electrons. The van der Waals surface area contributed by atoms with Gasteiger partial charge in [-0.05, 0) is 66.1 Å². The molecular formula is C40H43N5O8S. The number of carbonyl (C=O) groups is 3. The smallest absolute Gasteiger partial charge is 0.339 e. The number of aryl methyl sites for hydroxylation is 2. The molecule has 0 saturated carbocycles. The number of fused-ring (bicyclic) bond motifs is 1. The van der Waals surface area contributed by atoms with Crippen LogP contribution in [0.15, 0.2) is 90.0 Å². The number of rotatable bonds is 12. The second kappa shape index (κ2) is 16.9. The molecule has 2 N–H and O–H groups in total. The number of hydrogen-bond donors (Lipinski definition) is 2. The summed E-state index contributed by atoms with van der Waals surface area (Å²) >= 11 is 0. The number of urea groups is 1. The number of amides is 2. The molecule has 0 aliphatic carbocycles. The van der Waals surface area contributed by atoms with E-state index in [2.05, 4.69) is 22.4 Å². The van der Waals surface area contributed by atoms with Gasteiger partial charge in [-0.15, -0.1) is 0 Å². The van der Waals surface area contributed by atoms with Crippen LogP contribution in [0, 0.1) is 0 Å². The molecule has 1 atom stereocenters. The first-order chi connectivity index (χ1) is 26.0. The van der Waals surface area contributed by atoms with E-state index in [0.29, 0.717) is 36.7 Å². The summed E-state index contributed by atoms with van der Waals surface area (Å²) in [5.74, 6) is 0.127. The highest BCUT2D eigenvalue weighted by Gasteiger charge is 2.35. The van der Waals surface area contributed by atoms with Gasteiger partial charge in [-0.1, -0.05) is 54.6 Å². The monoisotopic (exact) mass is 753 g/mol. The van der Waals surface area contributed by atoms with Crippen LogP contribution in [0.3, 0.4) is 0 Å². The molecule has 54 heavy (non-hydrogen) atoms. The molecule has 3 aliphatic heterocycles. The Labute approximate surface area is 314 Å². The largest absolute Gasteiger partial charge is 0.481 e. The van der Waals surface area contributed by atoms with Crippen molar-refractivity contribution in [1.29, 1.82) is 0 Å². The number of hydrogen-bond acceptors (Lipinski definition) is 10. The third-order valence-electron chi connectivity index (χ3n) is 9.58. The van der Waals surface area contributed by atoms with Crippen molar-refractivity contribution in [1.82, 2.24) is 19.8 Å². The average molecular weight is 754 g/mol. The first kappa shape index (κ1) is 38.0. The maximum Gasteiger partial charge on any atom is 0.339 e. The molecule has 1 fully saturated rings. The van der Waals surface area contributed by atoms with Crippen molar-refractivity contribution in [2.45, 2.75) is 43.0 Å². The Morgan fingerprint density at radius 3 is 2.46 bits per heavy atom. The number of aromatic nitrogens is 2. The third-order valence-corrected chi connectivity index (χ3v) is 10.7. The lowest BCUT2D eigenvalue weighted by molar-refractivity contribution is -0.138. The van der Waals surface area contributed by atoms with E-state index in [1.807, 2.05) is 30.3 Å². The summed E-state index contributed by atoms with van der Waals surface area (Å²) in [6, 6.07) is 22.8. The summed E-state index contributed by atoms with van der Waals surface area (Å²) in [6.45, 7) is 2.84. The fourth-order valence-corrected chi connectivity index (χ4v) is 7.40. The number of carboxylic acids is 1.